The van der Waals surface area contributed by atoms with Gasteiger partial charge in [-0.2, -0.15) is 0 Å². The van der Waals surface area contributed by atoms with Gasteiger partial charge in [0.2, 0.25) is 0 Å². The average molecular weight is 231 g/mol. The summed E-state index contributed by atoms with van der Waals surface area (Å²) < 4.78 is 1.97. The van der Waals surface area contributed by atoms with Crippen molar-refractivity contribution in [3.63, 3.8) is 0 Å². The summed E-state index contributed by atoms with van der Waals surface area (Å²) in [6.07, 6.45) is 3.06. The minimum Gasteiger partial charge on any atom is -0.255 e. The molecule has 2 rings (SSSR count). The van der Waals surface area contributed by atoms with Gasteiger partial charge >= 0.3 is 0 Å². The Labute approximate surface area is 97.1 Å². The molecule has 0 saturated carbocycles. The molecule has 0 spiro atoms. The lowest BCUT2D eigenvalue weighted by Crippen LogP contribution is -2.28. The van der Waals surface area contributed by atoms with Crippen LogP contribution in [0.5, 0.6) is 0 Å². The van der Waals surface area contributed by atoms with Crippen molar-refractivity contribution < 1.29 is 0 Å². The Morgan fingerprint density at radius 3 is 2.44 bits per heavy atom. The number of aromatic nitrogens is 3. The third-order valence-corrected chi connectivity index (χ3v) is 3.52. The first-order chi connectivity index (χ1) is 7.54. The average Bonchev–Trinajstić information content (AvgIpc) is 2.65. The normalized spacial score (nSPS) is 11.7. The Hall–Kier alpha value is -1.42. The quantitative estimate of drug-likeness (QED) is 0.761. The molecule has 84 valence electrons. The summed E-state index contributed by atoms with van der Waals surface area (Å²) >= 11 is 0. The number of benzene rings is 1. The van der Waals surface area contributed by atoms with Gasteiger partial charge in [-0.1, -0.05) is 55.2 Å². The maximum atomic E-state index is 4.21. The van der Waals surface area contributed by atoms with Crippen LogP contribution < -0.4 is 0 Å². The van der Waals surface area contributed by atoms with Gasteiger partial charge in [-0.3, -0.25) is 4.68 Å². The van der Waals surface area contributed by atoms with Crippen molar-refractivity contribution in [3.8, 4) is 11.3 Å². The van der Waals surface area contributed by atoms with E-state index >= 15 is 0 Å². The molecule has 0 fully saturated rings. The van der Waals surface area contributed by atoms with Crippen LogP contribution in [-0.4, -0.2) is 23.1 Å². The lowest BCUT2D eigenvalue weighted by molar-refractivity contribution is 0.681. The van der Waals surface area contributed by atoms with Crippen LogP contribution in [0.25, 0.3) is 11.3 Å². The Balaban J connectivity index is 2.21. The number of rotatable bonds is 3. The van der Waals surface area contributed by atoms with E-state index in [1.807, 2.05) is 29.1 Å². The standard InChI is InChI=1S/C12H17N3Si/c1-16(2,3)10-15-9-12(13-14-15)11-7-5-4-6-8-11/h4-9H,10H2,1-3H3. The fourth-order valence-electron chi connectivity index (χ4n) is 1.60. The molecule has 0 amide bonds. The van der Waals surface area contributed by atoms with Gasteiger partial charge in [0.1, 0.15) is 5.69 Å². The van der Waals surface area contributed by atoms with Crippen molar-refractivity contribution in [1.82, 2.24) is 15.0 Å². The van der Waals surface area contributed by atoms with Crippen LogP contribution in [0.15, 0.2) is 36.5 Å². The molecule has 3 nitrogen and oxygen atoms in total. The molecule has 1 aromatic carbocycles. The minimum absolute atomic E-state index is 0.957. The van der Waals surface area contributed by atoms with E-state index in [2.05, 4.69) is 42.1 Å². The van der Waals surface area contributed by atoms with Crippen molar-refractivity contribution in [1.29, 1.82) is 0 Å². The number of nitrogens with zero attached hydrogens (tertiary/aromatic N) is 3. The Morgan fingerprint density at radius 2 is 1.81 bits per heavy atom. The number of hydrogen-bond donors (Lipinski definition) is 0. The summed E-state index contributed by atoms with van der Waals surface area (Å²) in [5, 5.41) is 8.39. The summed E-state index contributed by atoms with van der Waals surface area (Å²) in [5.74, 6) is 0. The molecule has 0 bridgehead atoms. The topological polar surface area (TPSA) is 30.7 Å². The first-order valence-electron chi connectivity index (χ1n) is 5.50. The monoisotopic (exact) mass is 231 g/mol. The highest BCUT2D eigenvalue weighted by atomic mass is 28.3. The molecule has 0 radical (unpaired) electrons. The summed E-state index contributed by atoms with van der Waals surface area (Å²) in [7, 11) is -1.13. The minimum atomic E-state index is -1.13. The second-order valence-corrected chi connectivity index (χ2v) is 10.7. The van der Waals surface area contributed by atoms with Gasteiger partial charge in [0.05, 0.1) is 14.3 Å². The maximum Gasteiger partial charge on any atom is 0.113 e. The zero-order chi connectivity index (χ0) is 11.6. The highest BCUT2D eigenvalue weighted by molar-refractivity contribution is 6.74. The molecule has 2 aromatic rings. The van der Waals surface area contributed by atoms with Gasteiger partial charge in [-0.05, 0) is 0 Å². The molecule has 1 aromatic heterocycles. The Bertz CT molecular complexity index is 457. The van der Waals surface area contributed by atoms with Crippen molar-refractivity contribution in [3.05, 3.63) is 36.5 Å². The van der Waals surface area contributed by atoms with Crippen LogP contribution >= 0.6 is 0 Å². The molecule has 1 heterocycles. The fourth-order valence-corrected chi connectivity index (χ4v) is 2.73. The predicted octanol–water partition coefficient (Wildman–Crippen LogP) is 2.82. The van der Waals surface area contributed by atoms with E-state index in [1.165, 1.54) is 0 Å². The van der Waals surface area contributed by atoms with Crippen LogP contribution in [-0.2, 0) is 6.17 Å². The summed E-state index contributed by atoms with van der Waals surface area (Å²) in [5.41, 5.74) is 2.09. The van der Waals surface area contributed by atoms with E-state index in [0.29, 0.717) is 0 Å². The molecular formula is C12H17N3Si. The Morgan fingerprint density at radius 1 is 1.12 bits per heavy atom. The van der Waals surface area contributed by atoms with Crippen LogP contribution in [0.3, 0.4) is 0 Å². The van der Waals surface area contributed by atoms with E-state index in [9.17, 15) is 0 Å². The molecule has 0 atom stereocenters. The fraction of sp³-hybridized carbons (Fsp3) is 0.333. The van der Waals surface area contributed by atoms with Gasteiger partial charge in [0, 0.05) is 11.7 Å². The SMILES string of the molecule is C[Si](C)(C)Cn1cc(-c2ccccc2)nn1. The highest BCUT2D eigenvalue weighted by Gasteiger charge is 2.15. The lowest BCUT2D eigenvalue weighted by Gasteiger charge is -2.14. The summed E-state index contributed by atoms with van der Waals surface area (Å²) in [6, 6.07) is 10.2. The molecule has 0 aliphatic heterocycles. The second kappa shape index (κ2) is 4.21. The number of hydrogen-bond acceptors (Lipinski definition) is 2. The smallest absolute Gasteiger partial charge is 0.113 e. The van der Waals surface area contributed by atoms with Crippen molar-refractivity contribution >= 4 is 8.07 Å². The molecule has 0 saturated heterocycles. The van der Waals surface area contributed by atoms with Crippen molar-refractivity contribution in [2.24, 2.45) is 0 Å². The maximum absolute atomic E-state index is 4.21. The largest absolute Gasteiger partial charge is 0.255 e. The lowest BCUT2D eigenvalue weighted by atomic mass is 10.2. The van der Waals surface area contributed by atoms with E-state index in [0.717, 1.165) is 17.4 Å². The van der Waals surface area contributed by atoms with Crippen LogP contribution in [0.1, 0.15) is 0 Å². The highest BCUT2D eigenvalue weighted by Crippen LogP contribution is 2.15. The van der Waals surface area contributed by atoms with Crippen LogP contribution in [0.4, 0.5) is 0 Å². The first kappa shape index (κ1) is 11.1. The second-order valence-electron chi connectivity index (χ2n) is 5.23. The summed E-state index contributed by atoms with van der Waals surface area (Å²) in [4.78, 5) is 0. The van der Waals surface area contributed by atoms with E-state index in [1.54, 1.807) is 0 Å². The predicted molar refractivity (Wildman–Crippen MR) is 68.8 cm³/mol. The van der Waals surface area contributed by atoms with Crippen LogP contribution in [0.2, 0.25) is 19.6 Å². The zero-order valence-corrected chi connectivity index (χ0v) is 11.0. The molecular weight excluding hydrogens is 214 g/mol. The Kier molecular flexibility index (Phi) is 2.92. The van der Waals surface area contributed by atoms with Crippen molar-refractivity contribution in [2.75, 3.05) is 0 Å². The van der Waals surface area contributed by atoms with Gasteiger partial charge in [-0.15, -0.1) is 5.10 Å². The third-order valence-electron chi connectivity index (χ3n) is 2.24. The molecule has 0 unspecified atom stereocenters. The molecule has 4 heteroatoms. The zero-order valence-electron chi connectivity index (χ0n) is 10.0. The van der Waals surface area contributed by atoms with E-state index in [4.69, 9.17) is 0 Å². The molecule has 16 heavy (non-hydrogen) atoms. The van der Waals surface area contributed by atoms with Gasteiger partial charge in [0.15, 0.2) is 0 Å². The molecule has 0 aliphatic rings. The summed E-state index contributed by atoms with van der Waals surface area (Å²) in [6.45, 7) is 6.99. The van der Waals surface area contributed by atoms with E-state index < -0.39 is 8.07 Å². The van der Waals surface area contributed by atoms with Gasteiger partial charge < -0.3 is 0 Å². The molecule has 0 aliphatic carbocycles. The first-order valence-corrected chi connectivity index (χ1v) is 9.21. The van der Waals surface area contributed by atoms with Crippen LogP contribution in [0, 0.1) is 0 Å². The van der Waals surface area contributed by atoms with Crippen molar-refractivity contribution in [2.45, 2.75) is 25.8 Å². The third kappa shape index (κ3) is 2.79. The van der Waals surface area contributed by atoms with E-state index in [-0.39, 0.29) is 0 Å². The van der Waals surface area contributed by atoms with Gasteiger partial charge in [0.25, 0.3) is 0 Å². The molecule has 0 N–H and O–H groups in total. The van der Waals surface area contributed by atoms with Gasteiger partial charge in [-0.25, -0.2) is 0 Å².